The van der Waals surface area contributed by atoms with Gasteiger partial charge in [-0.15, -0.1) is 0 Å². The molecule has 0 aromatic heterocycles. The molecule has 116 valence electrons. The van der Waals surface area contributed by atoms with Gasteiger partial charge in [-0.3, -0.25) is 0 Å². The van der Waals surface area contributed by atoms with Gasteiger partial charge in [0.2, 0.25) is 0 Å². The van der Waals surface area contributed by atoms with Crippen LogP contribution in [0.2, 0.25) is 0 Å². The van der Waals surface area contributed by atoms with Gasteiger partial charge in [-0.1, -0.05) is 12.1 Å². The number of benzene rings is 1. The minimum atomic E-state index is -1.17. The number of ether oxygens (including phenoxy) is 1. The number of hydrogen-bond acceptors (Lipinski definition) is 4. The molecule has 0 bridgehead atoms. The van der Waals surface area contributed by atoms with E-state index in [1.54, 1.807) is 7.11 Å². The Kier molecular flexibility index (Phi) is 7.03. The number of carboxylic acid groups (broad SMARTS) is 1. The van der Waals surface area contributed by atoms with Gasteiger partial charge in [0.15, 0.2) is 0 Å². The van der Waals surface area contributed by atoms with Gasteiger partial charge in [-0.05, 0) is 24.1 Å². The molecule has 0 aliphatic rings. The van der Waals surface area contributed by atoms with Crippen molar-refractivity contribution in [2.24, 2.45) is 0 Å². The highest BCUT2D eigenvalue weighted by molar-refractivity contribution is 5.82. The van der Waals surface area contributed by atoms with Crippen LogP contribution in [0.25, 0.3) is 0 Å². The second-order valence-corrected chi connectivity index (χ2v) is 4.40. The van der Waals surface area contributed by atoms with Gasteiger partial charge in [-0.2, -0.15) is 0 Å². The standard InChI is InChI=1S/C14H20N2O5/c1-21-11-4-2-3-10(9-11)5-7-15-14(20)16-12(6-8-17)13(18)19/h2-4,9,12,17H,5-8H2,1H3,(H,18,19)(H2,15,16,20). The highest BCUT2D eigenvalue weighted by Crippen LogP contribution is 2.12. The largest absolute Gasteiger partial charge is 0.497 e. The summed E-state index contributed by atoms with van der Waals surface area (Å²) < 4.78 is 5.10. The zero-order valence-corrected chi connectivity index (χ0v) is 11.8. The van der Waals surface area contributed by atoms with Gasteiger partial charge in [0.1, 0.15) is 11.8 Å². The van der Waals surface area contributed by atoms with Crippen molar-refractivity contribution in [1.82, 2.24) is 10.6 Å². The Bertz CT molecular complexity index is 478. The quantitative estimate of drug-likeness (QED) is 0.554. The first kappa shape index (κ1) is 16.8. The number of aliphatic hydroxyl groups is 1. The number of methoxy groups -OCH3 is 1. The zero-order chi connectivity index (χ0) is 15.7. The van der Waals surface area contributed by atoms with Crippen LogP contribution >= 0.6 is 0 Å². The Morgan fingerprint density at radius 2 is 2.14 bits per heavy atom. The second-order valence-electron chi connectivity index (χ2n) is 4.40. The number of amides is 2. The molecule has 1 rings (SSSR count). The van der Waals surface area contributed by atoms with E-state index in [1.807, 2.05) is 24.3 Å². The molecule has 7 nitrogen and oxygen atoms in total. The molecule has 1 atom stereocenters. The Balaban J connectivity index is 2.37. The maximum atomic E-state index is 11.6. The maximum Gasteiger partial charge on any atom is 0.326 e. The molecule has 2 amide bonds. The van der Waals surface area contributed by atoms with Crippen LogP contribution in [-0.2, 0) is 11.2 Å². The van der Waals surface area contributed by atoms with Crippen LogP contribution in [0.5, 0.6) is 5.75 Å². The average molecular weight is 296 g/mol. The summed E-state index contributed by atoms with van der Waals surface area (Å²) >= 11 is 0. The molecule has 0 spiro atoms. The number of carbonyl (C=O) groups is 2. The molecule has 7 heteroatoms. The van der Waals surface area contributed by atoms with Gasteiger partial charge in [0, 0.05) is 19.6 Å². The van der Waals surface area contributed by atoms with E-state index < -0.39 is 18.0 Å². The van der Waals surface area contributed by atoms with E-state index in [-0.39, 0.29) is 13.0 Å². The highest BCUT2D eigenvalue weighted by Gasteiger charge is 2.18. The molecule has 1 aromatic carbocycles. The normalized spacial score (nSPS) is 11.5. The zero-order valence-electron chi connectivity index (χ0n) is 11.8. The third kappa shape index (κ3) is 6.13. The molecule has 4 N–H and O–H groups in total. The van der Waals surface area contributed by atoms with Gasteiger partial charge in [0.25, 0.3) is 0 Å². The van der Waals surface area contributed by atoms with Gasteiger partial charge in [0.05, 0.1) is 7.11 Å². The molecule has 0 saturated heterocycles. The first-order chi connectivity index (χ1) is 10.1. The van der Waals surface area contributed by atoms with E-state index in [2.05, 4.69) is 10.6 Å². The number of nitrogens with one attached hydrogen (secondary N) is 2. The fourth-order valence-corrected chi connectivity index (χ4v) is 1.74. The summed E-state index contributed by atoms with van der Waals surface area (Å²) in [5.74, 6) is -0.433. The maximum absolute atomic E-state index is 11.6. The Hall–Kier alpha value is -2.28. The Morgan fingerprint density at radius 3 is 2.76 bits per heavy atom. The van der Waals surface area contributed by atoms with Crippen LogP contribution in [0.4, 0.5) is 4.79 Å². The summed E-state index contributed by atoms with van der Waals surface area (Å²) in [6.45, 7) is 0.0610. The van der Waals surface area contributed by atoms with Crippen LogP contribution in [-0.4, -0.2) is 48.5 Å². The third-order valence-electron chi connectivity index (χ3n) is 2.85. The first-order valence-corrected chi connectivity index (χ1v) is 6.57. The van der Waals surface area contributed by atoms with Gasteiger partial charge < -0.3 is 25.6 Å². The highest BCUT2D eigenvalue weighted by atomic mass is 16.5. The minimum Gasteiger partial charge on any atom is -0.497 e. The van der Waals surface area contributed by atoms with Crippen LogP contribution < -0.4 is 15.4 Å². The number of hydrogen-bond donors (Lipinski definition) is 4. The average Bonchev–Trinajstić information content (AvgIpc) is 2.47. The lowest BCUT2D eigenvalue weighted by molar-refractivity contribution is -0.139. The molecular formula is C14H20N2O5. The predicted octanol–water partition coefficient (Wildman–Crippen LogP) is 0.372. The molecule has 0 aliphatic heterocycles. The van der Waals surface area contributed by atoms with E-state index in [9.17, 15) is 9.59 Å². The summed E-state index contributed by atoms with van der Waals surface area (Å²) in [5, 5.41) is 22.4. The SMILES string of the molecule is COc1cccc(CCNC(=O)NC(CCO)C(=O)O)c1. The molecular weight excluding hydrogens is 276 g/mol. The number of carbonyl (C=O) groups excluding carboxylic acids is 1. The van der Waals surface area contributed by atoms with E-state index in [4.69, 9.17) is 14.9 Å². The summed E-state index contributed by atoms with van der Waals surface area (Å²) in [5.41, 5.74) is 1.000. The van der Waals surface area contributed by atoms with Crippen molar-refractivity contribution < 1.29 is 24.5 Å². The number of aliphatic hydroxyl groups excluding tert-OH is 1. The lowest BCUT2D eigenvalue weighted by Crippen LogP contribution is -2.46. The summed E-state index contributed by atoms with van der Waals surface area (Å²) in [4.78, 5) is 22.4. The molecule has 1 aromatic rings. The number of aliphatic carboxylic acids is 1. The molecule has 0 saturated carbocycles. The Labute approximate surface area is 122 Å². The number of rotatable bonds is 8. The molecule has 21 heavy (non-hydrogen) atoms. The fourth-order valence-electron chi connectivity index (χ4n) is 1.74. The lowest BCUT2D eigenvalue weighted by atomic mass is 10.1. The van der Waals surface area contributed by atoms with Crippen LogP contribution in [0.3, 0.4) is 0 Å². The van der Waals surface area contributed by atoms with Crippen molar-refractivity contribution in [2.45, 2.75) is 18.9 Å². The second kappa shape index (κ2) is 8.80. The van der Waals surface area contributed by atoms with Crippen molar-refractivity contribution in [3.05, 3.63) is 29.8 Å². The predicted molar refractivity (Wildman–Crippen MR) is 76.4 cm³/mol. The summed E-state index contributed by atoms with van der Waals surface area (Å²) in [6, 6.07) is 5.80. The Morgan fingerprint density at radius 1 is 1.38 bits per heavy atom. The van der Waals surface area contributed by atoms with Crippen molar-refractivity contribution in [3.8, 4) is 5.75 Å². The minimum absolute atomic E-state index is 0.0291. The smallest absolute Gasteiger partial charge is 0.326 e. The monoisotopic (exact) mass is 296 g/mol. The van der Waals surface area contributed by atoms with E-state index in [0.717, 1.165) is 11.3 Å². The summed E-state index contributed by atoms with van der Waals surface area (Å²) in [7, 11) is 1.58. The van der Waals surface area contributed by atoms with Crippen molar-refractivity contribution in [3.63, 3.8) is 0 Å². The van der Waals surface area contributed by atoms with Crippen molar-refractivity contribution in [1.29, 1.82) is 0 Å². The topological polar surface area (TPSA) is 108 Å². The molecule has 0 heterocycles. The number of carboxylic acids is 1. The number of urea groups is 1. The van der Waals surface area contributed by atoms with Crippen LogP contribution in [0.15, 0.2) is 24.3 Å². The van der Waals surface area contributed by atoms with Gasteiger partial charge in [-0.25, -0.2) is 9.59 Å². The van der Waals surface area contributed by atoms with Crippen LogP contribution in [0, 0.1) is 0 Å². The summed E-state index contributed by atoms with van der Waals surface area (Å²) in [6.07, 6.45) is 0.570. The van der Waals surface area contributed by atoms with Crippen LogP contribution in [0.1, 0.15) is 12.0 Å². The van der Waals surface area contributed by atoms with Gasteiger partial charge >= 0.3 is 12.0 Å². The molecule has 1 unspecified atom stereocenters. The molecule has 0 fully saturated rings. The van der Waals surface area contributed by atoms with E-state index >= 15 is 0 Å². The first-order valence-electron chi connectivity index (χ1n) is 6.57. The van der Waals surface area contributed by atoms with E-state index in [1.165, 1.54) is 0 Å². The lowest BCUT2D eigenvalue weighted by Gasteiger charge is -2.14. The van der Waals surface area contributed by atoms with E-state index in [0.29, 0.717) is 13.0 Å². The fraction of sp³-hybridized carbons (Fsp3) is 0.429. The van der Waals surface area contributed by atoms with Crippen molar-refractivity contribution in [2.75, 3.05) is 20.3 Å². The van der Waals surface area contributed by atoms with Crippen molar-refractivity contribution >= 4 is 12.0 Å². The molecule has 0 radical (unpaired) electrons. The third-order valence-corrected chi connectivity index (χ3v) is 2.85. The molecule has 0 aliphatic carbocycles.